The zero-order chi connectivity index (χ0) is 13.8. The highest BCUT2D eigenvalue weighted by atomic mass is 35.5. The van der Waals surface area contributed by atoms with E-state index in [1.165, 1.54) is 6.26 Å². The van der Waals surface area contributed by atoms with Crippen LogP contribution in [0.3, 0.4) is 0 Å². The molecular formula is C12H18ClNO3S. The second-order valence-corrected chi connectivity index (χ2v) is 7.11. The number of hydrogen-bond acceptors (Lipinski definition) is 4. The molecule has 1 aromatic carbocycles. The number of nitrogens with two attached hydrogens (primary N) is 1. The van der Waals surface area contributed by atoms with Gasteiger partial charge < -0.3 is 10.5 Å². The number of benzene rings is 1. The third-order valence-electron chi connectivity index (χ3n) is 2.28. The Balaban J connectivity index is 2.75. The molecule has 1 aromatic rings. The highest BCUT2D eigenvalue weighted by molar-refractivity contribution is 7.90. The Morgan fingerprint density at radius 2 is 2.11 bits per heavy atom. The summed E-state index contributed by atoms with van der Waals surface area (Å²) in [4.78, 5) is 0. The Kier molecular flexibility index (Phi) is 5.44. The van der Waals surface area contributed by atoms with Crippen LogP contribution in [0, 0.1) is 0 Å². The van der Waals surface area contributed by atoms with Crippen molar-refractivity contribution in [2.45, 2.75) is 19.4 Å². The van der Waals surface area contributed by atoms with Gasteiger partial charge in [0.25, 0.3) is 0 Å². The van der Waals surface area contributed by atoms with Crippen molar-refractivity contribution in [2.24, 2.45) is 5.73 Å². The van der Waals surface area contributed by atoms with E-state index in [1.807, 2.05) is 6.92 Å². The Hall–Kier alpha value is -0.780. The van der Waals surface area contributed by atoms with Crippen LogP contribution in [-0.4, -0.2) is 33.1 Å². The van der Waals surface area contributed by atoms with Crippen LogP contribution in [0.1, 0.15) is 12.5 Å². The lowest BCUT2D eigenvalue weighted by Crippen LogP contribution is -2.19. The van der Waals surface area contributed by atoms with Crippen LogP contribution in [0.2, 0.25) is 5.02 Å². The van der Waals surface area contributed by atoms with Crippen LogP contribution in [0.4, 0.5) is 0 Å². The van der Waals surface area contributed by atoms with Crippen molar-refractivity contribution in [2.75, 3.05) is 18.6 Å². The average Bonchev–Trinajstić information content (AvgIpc) is 2.18. The van der Waals surface area contributed by atoms with E-state index < -0.39 is 9.84 Å². The van der Waals surface area contributed by atoms with Crippen molar-refractivity contribution >= 4 is 21.4 Å². The van der Waals surface area contributed by atoms with E-state index in [9.17, 15) is 8.42 Å². The van der Waals surface area contributed by atoms with Gasteiger partial charge in [-0.25, -0.2) is 8.42 Å². The van der Waals surface area contributed by atoms with Crippen LogP contribution in [-0.2, 0) is 16.3 Å². The molecule has 1 atom stereocenters. The van der Waals surface area contributed by atoms with Gasteiger partial charge in [-0.3, -0.25) is 0 Å². The lowest BCUT2D eigenvalue weighted by Gasteiger charge is -2.13. The fraction of sp³-hybridized carbons (Fsp3) is 0.500. The second kappa shape index (κ2) is 6.41. The number of halogens is 1. The van der Waals surface area contributed by atoms with Gasteiger partial charge in [-0.1, -0.05) is 11.6 Å². The molecule has 0 saturated carbocycles. The Morgan fingerprint density at radius 1 is 1.44 bits per heavy atom. The first kappa shape index (κ1) is 15.3. The third-order valence-corrected chi connectivity index (χ3v) is 3.42. The zero-order valence-corrected chi connectivity index (χ0v) is 12.1. The smallest absolute Gasteiger partial charge is 0.150 e. The maximum Gasteiger partial charge on any atom is 0.150 e. The fourth-order valence-electron chi connectivity index (χ4n) is 1.50. The normalized spacial score (nSPS) is 13.3. The molecule has 0 aliphatic carbocycles. The van der Waals surface area contributed by atoms with Crippen LogP contribution in [0.5, 0.6) is 5.75 Å². The largest absolute Gasteiger partial charge is 0.492 e. The monoisotopic (exact) mass is 291 g/mol. The molecule has 0 aliphatic heterocycles. The summed E-state index contributed by atoms with van der Waals surface area (Å²) in [6, 6.07) is 5.23. The number of rotatable bonds is 6. The van der Waals surface area contributed by atoms with Crippen molar-refractivity contribution in [1.82, 2.24) is 0 Å². The van der Waals surface area contributed by atoms with Gasteiger partial charge in [0.05, 0.1) is 5.75 Å². The van der Waals surface area contributed by atoms with Crippen molar-refractivity contribution in [3.8, 4) is 5.75 Å². The Labute approximate surface area is 113 Å². The summed E-state index contributed by atoms with van der Waals surface area (Å²) in [5.41, 5.74) is 6.64. The third kappa shape index (κ3) is 5.71. The molecule has 4 nitrogen and oxygen atoms in total. The minimum Gasteiger partial charge on any atom is -0.492 e. The van der Waals surface area contributed by atoms with E-state index >= 15 is 0 Å². The SMILES string of the molecule is CC(N)Cc1cc(Cl)ccc1OCCS(C)(=O)=O. The van der Waals surface area contributed by atoms with Crippen LogP contribution in [0.25, 0.3) is 0 Å². The minimum atomic E-state index is -3.01. The first-order chi connectivity index (χ1) is 8.28. The molecule has 0 amide bonds. The van der Waals surface area contributed by atoms with E-state index in [2.05, 4.69) is 0 Å². The topological polar surface area (TPSA) is 69.4 Å². The maximum absolute atomic E-state index is 11.0. The molecule has 2 N–H and O–H groups in total. The molecule has 0 radical (unpaired) electrons. The van der Waals surface area contributed by atoms with Gasteiger partial charge in [0, 0.05) is 17.3 Å². The van der Waals surface area contributed by atoms with Gasteiger partial charge >= 0.3 is 0 Å². The summed E-state index contributed by atoms with van der Waals surface area (Å²) < 4.78 is 27.5. The van der Waals surface area contributed by atoms with Gasteiger partial charge in [0.15, 0.2) is 9.84 Å². The quantitative estimate of drug-likeness (QED) is 0.865. The standard InChI is InChI=1S/C12H18ClNO3S/c1-9(14)7-10-8-11(13)3-4-12(10)17-5-6-18(2,15)16/h3-4,8-9H,5-7,14H2,1-2H3. The molecule has 0 spiro atoms. The van der Waals surface area contributed by atoms with Crippen LogP contribution >= 0.6 is 11.6 Å². The van der Waals surface area contributed by atoms with E-state index in [1.54, 1.807) is 18.2 Å². The van der Waals surface area contributed by atoms with E-state index in [4.69, 9.17) is 22.1 Å². The van der Waals surface area contributed by atoms with Gasteiger partial charge in [-0.15, -0.1) is 0 Å². The van der Waals surface area contributed by atoms with Crippen LogP contribution in [0.15, 0.2) is 18.2 Å². The van der Waals surface area contributed by atoms with Crippen molar-refractivity contribution < 1.29 is 13.2 Å². The predicted molar refractivity (Wildman–Crippen MR) is 74.0 cm³/mol. The van der Waals surface area contributed by atoms with Gasteiger partial charge in [-0.05, 0) is 37.1 Å². The summed E-state index contributed by atoms with van der Waals surface area (Å²) >= 11 is 5.91. The number of ether oxygens (including phenoxy) is 1. The minimum absolute atomic E-state index is 0.00670. The predicted octanol–water partition coefficient (Wildman–Crippen LogP) is 1.65. The van der Waals surface area contributed by atoms with E-state index in [-0.39, 0.29) is 18.4 Å². The van der Waals surface area contributed by atoms with Crippen molar-refractivity contribution in [3.63, 3.8) is 0 Å². The zero-order valence-electron chi connectivity index (χ0n) is 10.5. The molecule has 0 bridgehead atoms. The lowest BCUT2D eigenvalue weighted by molar-refractivity contribution is 0.336. The molecule has 6 heteroatoms. The molecule has 0 aliphatic rings. The van der Waals surface area contributed by atoms with Gasteiger partial charge in [0.1, 0.15) is 12.4 Å². The molecule has 18 heavy (non-hydrogen) atoms. The molecule has 0 aromatic heterocycles. The number of sulfone groups is 1. The molecule has 1 unspecified atom stereocenters. The highest BCUT2D eigenvalue weighted by Crippen LogP contribution is 2.24. The Bertz CT molecular complexity index is 500. The summed E-state index contributed by atoms with van der Waals surface area (Å²) in [5, 5.41) is 0.612. The highest BCUT2D eigenvalue weighted by Gasteiger charge is 2.09. The summed E-state index contributed by atoms with van der Waals surface area (Å²) in [6.45, 7) is 2.02. The van der Waals surface area contributed by atoms with E-state index in [0.29, 0.717) is 17.2 Å². The molecule has 1 rings (SSSR count). The molecule has 0 saturated heterocycles. The molecule has 102 valence electrons. The Morgan fingerprint density at radius 3 is 2.67 bits per heavy atom. The summed E-state index contributed by atoms with van der Waals surface area (Å²) in [7, 11) is -3.01. The first-order valence-corrected chi connectivity index (χ1v) is 8.06. The molecule has 0 fully saturated rings. The van der Waals surface area contributed by atoms with Gasteiger partial charge in [0.2, 0.25) is 0 Å². The number of hydrogen-bond donors (Lipinski definition) is 1. The second-order valence-electron chi connectivity index (χ2n) is 4.41. The lowest BCUT2D eigenvalue weighted by atomic mass is 10.1. The van der Waals surface area contributed by atoms with Crippen LogP contribution < -0.4 is 10.5 Å². The molecular weight excluding hydrogens is 274 g/mol. The van der Waals surface area contributed by atoms with E-state index in [0.717, 1.165) is 5.56 Å². The summed E-state index contributed by atoms with van der Waals surface area (Å²) in [5.74, 6) is 0.633. The fourth-order valence-corrected chi connectivity index (χ4v) is 2.08. The van der Waals surface area contributed by atoms with Crippen molar-refractivity contribution in [1.29, 1.82) is 0 Å². The first-order valence-electron chi connectivity index (χ1n) is 5.62. The van der Waals surface area contributed by atoms with Gasteiger partial charge in [-0.2, -0.15) is 0 Å². The maximum atomic E-state index is 11.0. The average molecular weight is 292 g/mol. The van der Waals surface area contributed by atoms with Crippen molar-refractivity contribution in [3.05, 3.63) is 28.8 Å². The summed E-state index contributed by atoms with van der Waals surface area (Å²) in [6.07, 6.45) is 1.82. The molecule has 0 heterocycles.